The first-order valence-electron chi connectivity index (χ1n) is 8.34. The standard InChI is InChI=1S/C20H15F3N2O3S/c1-2-18(26)25-12-13-5-10-17(19-16(13)4-3-11-24-19)29(27,28)15-8-6-14(7-9-15)20(21,22)23/h2-11H,1,12H2,(H,25,26). The van der Waals surface area contributed by atoms with Crippen molar-refractivity contribution in [1.82, 2.24) is 10.3 Å². The molecule has 0 saturated carbocycles. The van der Waals surface area contributed by atoms with Crippen molar-refractivity contribution in [2.45, 2.75) is 22.5 Å². The number of fused-ring (bicyclic) bond motifs is 1. The van der Waals surface area contributed by atoms with Gasteiger partial charge < -0.3 is 5.32 Å². The highest BCUT2D eigenvalue weighted by atomic mass is 32.2. The summed E-state index contributed by atoms with van der Waals surface area (Å²) in [6.45, 7) is 3.49. The molecule has 1 amide bonds. The summed E-state index contributed by atoms with van der Waals surface area (Å²) in [4.78, 5) is 15.1. The van der Waals surface area contributed by atoms with Crippen LogP contribution in [0.3, 0.4) is 0 Å². The molecule has 2 aromatic carbocycles. The summed E-state index contributed by atoms with van der Waals surface area (Å²) in [6.07, 6.45) is -2.03. The zero-order valence-corrected chi connectivity index (χ0v) is 15.7. The minimum absolute atomic E-state index is 0.133. The summed E-state index contributed by atoms with van der Waals surface area (Å²) in [5, 5.41) is 3.11. The van der Waals surface area contributed by atoms with E-state index in [4.69, 9.17) is 0 Å². The molecule has 1 N–H and O–H groups in total. The third-order valence-corrected chi connectivity index (χ3v) is 6.04. The van der Waals surface area contributed by atoms with Gasteiger partial charge in [0.2, 0.25) is 15.7 Å². The molecule has 5 nitrogen and oxygen atoms in total. The number of nitrogens with one attached hydrogen (secondary N) is 1. The number of alkyl halides is 3. The van der Waals surface area contributed by atoms with Gasteiger partial charge >= 0.3 is 6.18 Å². The molecule has 0 aliphatic rings. The fourth-order valence-corrected chi connectivity index (χ4v) is 4.19. The molecule has 0 fully saturated rings. The van der Waals surface area contributed by atoms with Gasteiger partial charge in [-0.15, -0.1) is 0 Å². The zero-order chi connectivity index (χ0) is 21.2. The molecule has 1 heterocycles. The fraction of sp³-hybridized carbons (Fsp3) is 0.100. The number of hydrogen-bond acceptors (Lipinski definition) is 4. The number of rotatable bonds is 5. The van der Waals surface area contributed by atoms with E-state index in [1.165, 1.54) is 18.3 Å². The molecule has 9 heteroatoms. The lowest BCUT2D eigenvalue weighted by Gasteiger charge is -2.12. The normalized spacial score (nSPS) is 12.0. The Labute approximate surface area is 164 Å². The van der Waals surface area contributed by atoms with E-state index >= 15 is 0 Å². The Hall–Kier alpha value is -3.20. The summed E-state index contributed by atoms with van der Waals surface area (Å²) in [6, 6.07) is 9.43. The number of nitrogens with zero attached hydrogens (tertiary/aromatic N) is 1. The quantitative estimate of drug-likeness (QED) is 0.636. The van der Waals surface area contributed by atoms with Crippen LogP contribution in [0.5, 0.6) is 0 Å². The van der Waals surface area contributed by atoms with Gasteiger partial charge in [0.1, 0.15) is 0 Å². The van der Waals surface area contributed by atoms with Gasteiger partial charge in [0, 0.05) is 18.1 Å². The second-order valence-electron chi connectivity index (χ2n) is 6.07. The maximum Gasteiger partial charge on any atom is 0.416 e. The van der Waals surface area contributed by atoms with E-state index in [-0.39, 0.29) is 27.8 Å². The molecule has 150 valence electrons. The number of benzene rings is 2. The predicted octanol–water partition coefficient (Wildman–Crippen LogP) is 3.89. The molecule has 29 heavy (non-hydrogen) atoms. The second kappa shape index (κ2) is 7.67. The van der Waals surface area contributed by atoms with Crippen LogP contribution >= 0.6 is 0 Å². The van der Waals surface area contributed by atoms with Gasteiger partial charge in [0.05, 0.1) is 20.9 Å². The Balaban J connectivity index is 2.07. The van der Waals surface area contributed by atoms with Gasteiger partial charge in [-0.1, -0.05) is 18.7 Å². The Morgan fingerprint density at radius 3 is 2.41 bits per heavy atom. The van der Waals surface area contributed by atoms with E-state index in [2.05, 4.69) is 16.9 Å². The average Bonchev–Trinajstić information content (AvgIpc) is 2.71. The predicted molar refractivity (Wildman–Crippen MR) is 101 cm³/mol. The van der Waals surface area contributed by atoms with Crippen molar-refractivity contribution >= 4 is 26.6 Å². The van der Waals surface area contributed by atoms with Crippen LogP contribution < -0.4 is 5.32 Å². The van der Waals surface area contributed by atoms with E-state index < -0.39 is 21.6 Å². The highest BCUT2D eigenvalue weighted by molar-refractivity contribution is 7.91. The molecule has 1 aromatic heterocycles. The van der Waals surface area contributed by atoms with Gasteiger partial charge in [-0.25, -0.2) is 8.42 Å². The number of aromatic nitrogens is 1. The molecule has 0 unspecified atom stereocenters. The number of sulfone groups is 1. The molecular weight excluding hydrogens is 405 g/mol. The topological polar surface area (TPSA) is 76.1 Å². The van der Waals surface area contributed by atoms with Gasteiger partial charge in [0.25, 0.3) is 0 Å². The highest BCUT2D eigenvalue weighted by Gasteiger charge is 2.31. The zero-order valence-electron chi connectivity index (χ0n) is 14.9. The number of carbonyl (C=O) groups excluding carboxylic acids is 1. The van der Waals surface area contributed by atoms with Crippen LogP contribution in [0.25, 0.3) is 10.9 Å². The number of halogens is 3. The van der Waals surface area contributed by atoms with Crippen molar-refractivity contribution in [2.24, 2.45) is 0 Å². The highest BCUT2D eigenvalue weighted by Crippen LogP contribution is 2.32. The van der Waals surface area contributed by atoms with Crippen molar-refractivity contribution < 1.29 is 26.4 Å². The summed E-state index contributed by atoms with van der Waals surface area (Å²) in [5.74, 6) is -0.386. The number of hydrogen-bond donors (Lipinski definition) is 1. The SMILES string of the molecule is C=CC(=O)NCc1ccc(S(=O)(=O)c2ccc(C(F)(F)F)cc2)c2ncccc12. The molecule has 3 rings (SSSR count). The lowest BCUT2D eigenvalue weighted by Crippen LogP contribution is -2.20. The molecule has 0 spiro atoms. The van der Waals surface area contributed by atoms with Crippen LogP contribution in [0.2, 0.25) is 0 Å². The van der Waals surface area contributed by atoms with Gasteiger partial charge in [-0.05, 0) is 48.0 Å². The van der Waals surface area contributed by atoms with Crippen LogP contribution in [-0.2, 0) is 27.4 Å². The number of carbonyl (C=O) groups is 1. The van der Waals surface area contributed by atoms with Gasteiger partial charge in [-0.2, -0.15) is 13.2 Å². The van der Waals surface area contributed by atoms with Crippen molar-refractivity contribution in [3.8, 4) is 0 Å². The Morgan fingerprint density at radius 1 is 1.10 bits per heavy atom. The maximum absolute atomic E-state index is 13.0. The van der Waals surface area contributed by atoms with Crippen LogP contribution in [0.15, 0.2) is 77.2 Å². The first-order chi connectivity index (χ1) is 13.6. The third-order valence-electron chi connectivity index (χ3n) is 4.24. The van der Waals surface area contributed by atoms with E-state index in [1.54, 1.807) is 12.1 Å². The lowest BCUT2D eigenvalue weighted by molar-refractivity contribution is -0.137. The molecule has 0 bridgehead atoms. The molecule has 0 aliphatic heterocycles. The van der Waals surface area contributed by atoms with E-state index in [9.17, 15) is 26.4 Å². The second-order valence-corrected chi connectivity index (χ2v) is 7.99. The van der Waals surface area contributed by atoms with Crippen molar-refractivity contribution in [3.63, 3.8) is 0 Å². The smallest absolute Gasteiger partial charge is 0.348 e. The number of amides is 1. The Morgan fingerprint density at radius 2 is 1.79 bits per heavy atom. The van der Waals surface area contributed by atoms with Crippen molar-refractivity contribution in [1.29, 1.82) is 0 Å². The minimum Gasteiger partial charge on any atom is -0.348 e. The maximum atomic E-state index is 13.0. The van der Waals surface area contributed by atoms with Gasteiger partial charge in [0.15, 0.2) is 0 Å². The summed E-state index contributed by atoms with van der Waals surface area (Å²) >= 11 is 0. The van der Waals surface area contributed by atoms with Crippen LogP contribution in [-0.4, -0.2) is 19.3 Å². The van der Waals surface area contributed by atoms with Gasteiger partial charge in [-0.3, -0.25) is 9.78 Å². The average molecular weight is 420 g/mol. The molecule has 0 atom stereocenters. The van der Waals surface area contributed by atoms with Crippen LogP contribution in [0.4, 0.5) is 13.2 Å². The third kappa shape index (κ3) is 4.14. The van der Waals surface area contributed by atoms with Crippen molar-refractivity contribution in [3.05, 3.63) is 78.5 Å². The molecular formula is C20H15F3N2O3S. The number of pyridine rings is 1. The largest absolute Gasteiger partial charge is 0.416 e. The van der Waals surface area contributed by atoms with E-state index in [0.29, 0.717) is 10.9 Å². The monoisotopic (exact) mass is 420 g/mol. The molecule has 0 radical (unpaired) electrons. The van der Waals surface area contributed by atoms with Crippen LogP contribution in [0, 0.1) is 0 Å². The fourth-order valence-electron chi connectivity index (χ4n) is 2.78. The van der Waals surface area contributed by atoms with E-state index in [1.807, 2.05) is 0 Å². The minimum atomic E-state index is -4.56. The van der Waals surface area contributed by atoms with Crippen molar-refractivity contribution in [2.75, 3.05) is 0 Å². The summed E-state index contributed by atoms with van der Waals surface area (Å²) in [7, 11) is -4.11. The molecule has 3 aromatic rings. The first-order valence-corrected chi connectivity index (χ1v) is 9.82. The Bertz CT molecular complexity index is 1190. The molecule has 0 aliphatic carbocycles. The Kier molecular flexibility index (Phi) is 5.43. The summed E-state index contributed by atoms with van der Waals surface area (Å²) in [5.41, 5.74) is -0.139. The lowest BCUT2D eigenvalue weighted by atomic mass is 10.1. The van der Waals surface area contributed by atoms with Crippen LogP contribution in [0.1, 0.15) is 11.1 Å². The summed E-state index contributed by atoms with van der Waals surface area (Å²) < 4.78 is 64.3. The first kappa shape index (κ1) is 20.5. The van der Waals surface area contributed by atoms with E-state index in [0.717, 1.165) is 30.3 Å². The molecule has 0 saturated heterocycles.